The Kier molecular flexibility index (Phi) is 15.8. The van der Waals surface area contributed by atoms with Gasteiger partial charge in [-0.3, -0.25) is 29.7 Å². The van der Waals surface area contributed by atoms with Crippen LogP contribution in [0.5, 0.6) is 0 Å². The van der Waals surface area contributed by atoms with Crippen molar-refractivity contribution in [3.05, 3.63) is 99.1 Å². The molecule has 0 bridgehead atoms. The van der Waals surface area contributed by atoms with Crippen molar-refractivity contribution < 1.29 is 36.4 Å². The first-order chi connectivity index (χ1) is 21.8. The number of rotatable bonds is 15. The number of halogens is 1. The molecule has 0 fully saturated rings. The normalized spacial score (nSPS) is 11.3. The Balaban J connectivity index is 0.00000736. The Labute approximate surface area is 274 Å². The quantitative estimate of drug-likeness (QED) is 0.0622. The summed E-state index contributed by atoms with van der Waals surface area (Å²) in [5, 5.41) is 23.8. The van der Waals surface area contributed by atoms with E-state index in [2.05, 4.69) is 31.3 Å². The molecule has 0 radical (unpaired) electrons. The third-order valence-electron chi connectivity index (χ3n) is 6.62. The summed E-state index contributed by atoms with van der Waals surface area (Å²) >= 11 is 0. The molecule has 246 valence electrons. The SMILES string of the molecule is CN=C(NCCCOC)c1ccc(NC(=O)c2ccc(C(=O)Nc3ccc(C(=NC)NCCCOC)cc3)c([N+](=O)[O-])c2)cc1.[Cl-]. The monoisotopic (exact) mass is 652 g/mol. The first kappa shape index (κ1) is 37.3. The van der Waals surface area contributed by atoms with Gasteiger partial charge in [-0.05, 0) is 73.5 Å². The van der Waals surface area contributed by atoms with Gasteiger partial charge in [-0.25, -0.2) is 0 Å². The summed E-state index contributed by atoms with van der Waals surface area (Å²) in [6.07, 6.45) is 1.65. The maximum absolute atomic E-state index is 13.0. The number of amides is 2. The molecule has 3 aromatic carbocycles. The van der Waals surface area contributed by atoms with E-state index in [0.717, 1.165) is 30.0 Å². The lowest BCUT2D eigenvalue weighted by Gasteiger charge is -2.12. The zero-order valence-electron chi connectivity index (χ0n) is 26.3. The third kappa shape index (κ3) is 10.9. The lowest BCUT2D eigenvalue weighted by atomic mass is 10.1. The molecule has 0 saturated carbocycles. The van der Waals surface area contributed by atoms with Crippen molar-refractivity contribution in [2.24, 2.45) is 9.98 Å². The molecule has 0 unspecified atom stereocenters. The molecule has 0 atom stereocenters. The number of ether oxygens (including phenoxy) is 2. The molecule has 0 aliphatic rings. The first-order valence-electron chi connectivity index (χ1n) is 14.3. The van der Waals surface area contributed by atoms with Crippen LogP contribution in [0.4, 0.5) is 17.1 Å². The van der Waals surface area contributed by atoms with Gasteiger partial charge in [0.05, 0.1) is 4.92 Å². The second kappa shape index (κ2) is 19.5. The predicted molar refractivity (Wildman–Crippen MR) is 176 cm³/mol. The minimum absolute atomic E-state index is 0. The summed E-state index contributed by atoms with van der Waals surface area (Å²) in [5.41, 5.74) is 1.96. The summed E-state index contributed by atoms with van der Waals surface area (Å²) in [6.45, 7) is 2.65. The molecule has 0 heterocycles. The molecule has 0 saturated heterocycles. The van der Waals surface area contributed by atoms with Crippen LogP contribution in [0.25, 0.3) is 0 Å². The number of nitro groups is 1. The highest BCUT2D eigenvalue weighted by Crippen LogP contribution is 2.23. The molecule has 0 aliphatic heterocycles. The van der Waals surface area contributed by atoms with Crippen LogP contribution in [0, 0.1) is 10.1 Å². The third-order valence-corrected chi connectivity index (χ3v) is 6.62. The molecular formula is C32H39ClN7O6-. The van der Waals surface area contributed by atoms with Gasteiger partial charge in [-0.1, -0.05) is 0 Å². The zero-order valence-corrected chi connectivity index (χ0v) is 27.0. The van der Waals surface area contributed by atoms with E-state index in [1.54, 1.807) is 76.8 Å². The summed E-state index contributed by atoms with van der Waals surface area (Å²) < 4.78 is 10.1. The summed E-state index contributed by atoms with van der Waals surface area (Å²) in [4.78, 5) is 45.7. The standard InChI is InChI=1S/C32H39N7O6.ClH/c1-33-29(35-17-5-19-44-3)22-7-12-25(13-8-22)37-31(40)24-11-16-27(28(21-24)39(42)43)32(41)38-26-14-9-23(10-15-26)30(34-2)36-18-6-20-45-4;/h7-16,21H,5-6,17-20H2,1-4H3,(H,33,35)(H,34,36)(H,37,40)(H,38,41);1H/p-1. The van der Waals surface area contributed by atoms with Crippen molar-refractivity contribution in [2.45, 2.75) is 12.8 Å². The molecule has 46 heavy (non-hydrogen) atoms. The van der Waals surface area contributed by atoms with Gasteiger partial charge in [0.15, 0.2) is 0 Å². The largest absolute Gasteiger partial charge is 1.00 e. The van der Waals surface area contributed by atoms with Gasteiger partial charge in [-0.15, -0.1) is 0 Å². The Hall–Kier alpha value is -4.85. The lowest BCUT2D eigenvalue weighted by molar-refractivity contribution is -0.385. The predicted octanol–water partition coefficient (Wildman–Crippen LogP) is 1.11. The number of aliphatic imine (C=N–C) groups is 2. The van der Waals surface area contributed by atoms with Crippen LogP contribution < -0.4 is 33.7 Å². The van der Waals surface area contributed by atoms with E-state index in [9.17, 15) is 19.7 Å². The van der Waals surface area contributed by atoms with E-state index in [-0.39, 0.29) is 23.5 Å². The van der Waals surface area contributed by atoms with Gasteiger partial charge in [0, 0.05) is 88.7 Å². The van der Waals surface area contributed by atoms with E-state index in [1.165, 1.54) is 12.1 Å². The van der Waals surface area contributed by atoms with Gasteiger partial charge >= 0.3 is 0 Å². The lowest BCUT2D eigenvalue weighted by Crippen LogP contribution is -3.00. The highest BCUT2D eigenvalue weighted by atomic mass is 35.5. The molecule has 2 amide bonds. The number of hydrogen-bond acceptors (Lipinski definition) is 8. The molecule has 3 rings (SSSR count). The summed E-state index contributed by atoms with van der Waals surface area (Å²) in [6, 6.07) is 17.7. The van der Waals surface area contributed by atoms with Crippen LogP contribution in [-0.2, 0) is 9.47 Å². The second-order valence-electron chi connectivity index (χ2n) is 9.74. The van der Waals surface area contributed by atoms with E-state index in [4.69, 9.17) is 9.47 Å². The van der Waals surface area contributed by atoms with Gasteiger partial charge < -0.3 is 43.1 Å². The average Bonchev–Trinajstić information content (AvgIpc) is 3.05. The van der Waals surface area contributed by atoms with Crippen LogP contribution in [0.3, 0.4) is 0 Å². The first-order valence-corrected chi connectivity index (χ1v) is 14.3. The maximum Gasteiger partial charge on any atom is 0.282 e. The molecule has 3 aromatic rings. The molecule has 0 aromatic heterocycles. The van der Waals surface area contributed by atoms with Crippen LogP contribution >= 0.6 is 0 Å². The Morgan fingerprint density at radius 3 is 1.57 bits per heavy atom. The van der Waals surface area contributed by atoms with Crippen LogP contribution in [-0.4, -0.2) is 83.0 Å². The number of benzene rings is 3. The van der Waals surface area contributed by atoms with Gasteiger partial charge in [-0.2, -0.15) is 0 Å². The number of carbonyl (C=O) groups is 2. The van der Waals surface area contributed by atoms with E-state index in [0.29, 0.717) is 49.3 Å². The number of anilines is 2. The number of carbonyl (C=O) groups excluding carboxylic acids is 2. The van der Waals surface area contributed by atoms with Crippen LogP contribution in [0.15, 0.2) is 76.7 Å². The van der Waals surface area contributed by atoms with Crippen molar-refractivity contribution in [3.8, 4) is 0 Å². The molecule has 14 heteroatoms. The van der Waals surface area contributed by atoms with E-state index >= 15 is 0 Å². The number of nitro benzene ring substituents is 1. The Morgan fingerprint density at radius 2 is 1.15 bits per heavy atom. The number of methoxy groups -OCH3 is 2. The van der Waals surface area contributed by atoms with Crippen LogP contribution in [0.2, 0.25) is 0 Å². The minimum Gasteiger partial charge on any atom is -1.00 e. The average molecular weight is 653 g/mol. The van der Waals surface area contributed by atoms with E-state index < -0.39 is 22.4 Å². The molecule has 0 spiro atoms. The number of nitrogens with one attached hydrogen (secondary N) is 4. The fourth-order valence-electron chi connectivity index (χ4n) is 4.31. The Bertz CT molecular complexity index is 1510. The second-order valence-corrected chi connectivity index (χ2v) is 9.74. The molecule has 0 aliphatic carbocycles. The molecule has 4 N–H and O–H groups in total. The number of nitrogens with zero attached hydrogens (tertiary/aromatic N) is 3. The van der Waals surface area contributed by atoms with Crippen molar-refractivity contribution in [3.63, 3.8) is 0 Å². The minimum atomic E-state index is -0.686. The van der Waals surface area contributed by atoms with Gasteiger partial charge in [0.25, 0.3) is 17.5 Å². The summed E-state index contributed by atoms with van der Waals surface area (Å²) in [7, 11) is 6.66. The fourth-order valence-corrected chi connectivity index (χ4v) is 4.31. The van der Waals surface area contributed by atoms with Crippen molar-refractivity contribution >= 4 is 40.5 Å². The van der Waals surface area contributed by atoms with Crippen molar-refractivity contribution in [1.29, 1.82) is 0 Å². The van der Waals surface area contributed by atoms with Gasteiger partial charge in [0.2, 0.25) is 0 Å². The summed E-state index contributed by atoms with van der Waals surface area (Å²) in [5.74, 6) is 0.160. The van der Waals surface area contributed by atoms with E-state index in [1.807, 2.05) is 0 Å². The topological polar surface area (TPSA) is 169 Å². The molecular weight excluding hydrogens is 614 g/mol. The van der Waals surface area contributed by atoms with Crippen molar-refractivity contribution in [2.75, 3.05) is 65.3 Å². The Morgan fingerprint density at radius 1 is 0.717 bits per heavy atom. The highest BCUT2D eigenvalue weighted by molar-refractivity contribution is 6.10. The maximum atomic E-state index is 13.0. The highest BCUT2D eigenvalue weighted by Gasteiger charge is 2.23. The fraction of sp³-hybridized carbons (Fsp3) is 0.312. The van der Waals surface area contributed by atoms with Crippen molar-refractivity contribution in [1.82, 2.24) is 10.6 Å². The number of amidine groups is 2. The number of hydrogen-bond donors (Lipinski definition) is 4. The molecule has 13 nitrogen and oxygen atoms in total. The van der Waals surface area contributed by atoms with Crippen LogP contribution in [0.1, 0.15) is 44.7 Å². The zero-order chi connectivity index (χ0) is 32.6. The smallest absolute Gasteiger partial charge is 0.282 e. The van der Waals surface area contributed by atoms with Gasteiger partial charge in [0.1, 0.15) is 17.2 Å².